The molecular weight excluding hydrogens is 334 g/mol. The molecule has 0 aromatic carbocycles. The maximum atomic E-state index is 11.2. The molecule has 1 aliphatic heterocycles. The van der Waals surface area contributed by atoms with Gasteiger partial charge in [0.2, 0.25) is 0 Å². The molecule has 0 aromatic heterocycles. The van der Waals surface area contributed by atoms with Crippen LogP contribution in [0.3, 0.4) is 0 Å². The highest BCUT2D eigenvalue weighted by atomic mass is 32.3. The van der Waals surface area contributed by atoms with Gasteiger partial charge in [-0.3, -0.25) is 9.35 Å². The fourth-order valence-corrected chi connectivity index (χ4v) is 3.56. The smallest absolute Gasteiger partial charge is 0.333 e. The van der Waals surface area contributed by atoms with Crippen LogP contribution in [0.15, 0.2) is 0 Å². The summed E-state index contributed by atoms with van der Waals surface area (Å²) in [7, 11) is -15.6. The fourth-order valence-electron chi connectivity index (χ4n) is 0.939. The van der Waals surface area contributed by atoms with E-state index in [1.54, 1.807) is 0 Å². The Labute approximate surface area is 106 Å². The van der Waals surface area contributed by atoms with Gasteiger partial charge in [-0.2, -0.15) is 25.3 Å². The average Bonchev–Trinajstić information content (AvgIpc) is 2.09. The topological polar surface area (TPSA) is 187 Å². The van der Waals surface area contributed by atoms with E-state index in [0.717, 1.165) is 0 Å². The van der Waals surface area contributed by atoms with Crippen molar-refractivity contribution in [1.29, 1.82) is 0 Å². The van der Waals surface area contributed by atoms with Crippen LogP contribution in [-0.2, 0) is 48.7 Å². The van der Waals surface area contributed by atoms with Crippen LogP contribution < -0.4 is 4.13 Å². The molecule has 0 aliphatic carbocycles. The molecular formula is C4H5NO11S3. The molecule has 1 unspecified atom stereocenters. The van der Waals surface area contributed by atoms with Crippen molar-refractivity contribution in [2.24, 2.45) is 0 Å². The number of hydrogen-bond donors (Lipinski definition) is 2. The molecule has 1 rings (SSSR count). The lowest BCUT2D eigenvalue weighted by Crippen LogP contribution is -2.37. The molecule has 0 bridgehead atoms. The summed E-state index contributed by atoms with van der Waals surface area (Å²) in [6.45, 7) is 0. The predicted molar refractivity (Wildman–Crippen MR) is 53.1 cm³/mol. The molecule has 0 saturated carbocycles. The van der Waals surface area contributed by atoms with Gasteiger partial charge in [0, 0.05) is 0 Å². The zero-order valence-corrected chi connectivity index (χ0v) is 11.0. The molecule has 1 atom stereocenters. The molecule has 15 heteroatoms. The summed E-state index contributed by atoms with van der Waals surface area (Å²) in [4.78, 5) is 22.2. The second kappa shape index (κ2) is 4.67. The first-order valence-corrected chi connectivity index (χ1v) is 8.35. The molecule has 1 fully saturated rings. The van der Waals surface area contributed by atoms with Crippen LogP contribution in [0.5, 0.6) is 0 Å². The van der Waals surface area contributed by atoms with Crippen LogP contribution in [0.1, 0.15) is 6.42 Å². The summed E-state index contributed by atoms with van der Waals surface area (Å²) in [5.41, 5.74) is 0. The van der Waals surface area contributed by atoms with Crippen molar-refractivity contribution < 1.29 is 47.8 Å². The number of rotatable bonds is 1. The van der Waals surface area contributed by atoms with Crippen molar-refractivity contribution >= 4 is 42.7 Å². The van der Waals surface area contributed by atoms with Crippen molar-refractivity contribution in [1.82, 2.24) is 4.13 Å². The summed E-state index contributed by atoms with van der Waals surface area (Å²) in [5.74, 6) is -3.85. The Hall–Kier alpha value is -1.29. The van der Waals surface area contributed by atoms with E-state index in [-0.39, 0.29) is 0 Å². The number of nitrogens with one attached hydrogen (secondary N) is 1. The zero-order valence-electron chi connectivity index (χ0n) is 8.54. The van der Waals surface area contributed by atoms with Gasteiger partial charge in [0.05, 0.1) is 6.42 Å². The average molecular weight is 339 g/mol. The molecule has 1 aliphatic rings. The quantitative estimate of drug-likeness (QED) is 0.458. The Morgan fingerprint density at radius 3 is 2.05 bits per heavy atom. The number of carbonyl (C=O) groups is 2. The Bertz CT molecular complexity index is 712. The highest BCUT2D eigenvalue weighted by Crippen LogP contribution is 2.13. The summed E-state index contributed by atoms with van der Waals surface area (Å²) in [6, 6.07) is 0. The third kappa shape index (κ3) is 4.39. The summed E-state index contributed by atoms with van der Waals surface area (Å²) in [5, 5.41) is -2.63. The SMILES string of the molecule is O=C1CC(S(=O)(=O)O)C(=O)OS(=O)(=O)NS(=O)(=O)O1. The number of hydrogen-bond acceptors (Lipinski definition) is 10. The van der Waals surface area contributed by atoms with E-state index in [4.69, 9.17) is 4.55 Å². The number of carbonyl (C=O) groups excluding carboxylic acids is 2. The van der Waals surface area contributed by atoms with Gasteiger partial charge in [-0.05, 0) is 4.13 Å². The molecule has 0 aromatic rings. The van der Waals surface area contributed by atoms with Crippen LogP contribution in [0.25, 0.3) is 0 Å². The van der Waals surface area contributed by atoms with Crippen molar-refractivity contribution in [3.8, 4) is 0 Å². The fraction of sp³-hybridized carbons (Fsp3) is 0.500. The molecule has 110 valence electrons. The third-order valence-electron chi connectivity index (χ3n) is 1.57. The van der Waals surface area contributed by atoms with E-state index in [1.165, 1.54) is 0 Å². The zero-order chi connectivity index (χ0) is 15.1. The predicted octanol–water partition coefficient (Wildman–Crippen LogP) is -3.19. The van der Waals surface area contributed by atoms with Crippen LogP contribution in [-0.4, -0.2) is 47.0 Å². The lowest BCUT2D eigenvalue weighted by Gasteiger charge is -2.08. The third-order valence-corrected chi connectivity index (χ3v) is 5.07. The van der Waals surface area contributed by atoms with Gasteiger partial charge in [-0.15, -0.1) is 0 Å². The van der Waals surface area contributed by atoms with Crippen molar-refractivity contribution in [2.45, 2.75) is 11.7 Å². The van der Waals surface area contributed by atoms with Crippen molar-refractivity contribution in [2.75, 3.05) is 0 Å². The molecule has 0 amide bonds. The molecule has 1 heterocycles. The van der Waals surface area contributed by atoms with Crippen LogP contribution in [0.2, 0.25) is 0 Å². The van der Waals surface area contributed by atoms with Crippen molar-refractivity contribution in [3.05, 3.63) is 0 Å². The Morgan fingerprint density at radius 1 is 1.11 bits per heavy atom. The lowest BCUT2D eigenvalue weighted by atomic mass is 10.3. The highest BCUT2D eigenvalue weighted by Gasteiger charge is 2.42. The lowest BCUT2D eigenvalue weighted by molar-refractivity contribution is -0.139. The Morgan fingerprint density at radius 2 is 1.58 bits per heavy atom. The molecule has 2 N–H and O–H groups in total. The maximum Gasteiger partial charge on any atom is 0.401 e. The summed E-state index contributed by atoms with van der Waals surface area (Å²) >= 11 is 0. The Balaban J connectivity index is 3.34. The van der Waals surface area contributed by atoms with E-state index in [2.05, 4.69) is 8.37 Å². The van der Waals surface area contributed by atoms with E-state index in [9.17, 15) is 34.8 Å². The van der Waals surface area contributed by atoms with Gasteiger partial charge in [-0.25, -0.2) is 4.79 Å². The van der Waals surface area contributed by atoms with Crippen LogP contribution in [0, 0.1) is 0 Å². The van der Waals surface area contributed by atoms with Gasteiger partial charge in [0.15, 0.2) is 5.25 Å². The van der Waals surface area contributed by atoms with Gasteiger partial charge in [0.25, 0.3) is 10.1 Å². The van der Waals surface area contributed by atoms with E-state index in [1.807, 2.05) is 0 Å². The van der Waals surface area contributed by atoms with E-state index >= 15 is 0 Å². The van der Waals surface area contributed by atoms with Gasteiger partial charge in [-0.1, -0.05) is 0 Å². The largest absolute Gasteiger partial charge is 0.401 e. The summed E-state index contributed by atoms with van der Waals surface area (Å²) < 4.78 is 81.9. The van der Waals surface area contributed by atoms with E-state index < -0.39 is 54.3 Å². The molecule has 19 heavy (non-hydrogen) atoms. The highest BCUT2D eigenvalue weighted by molar-refractivity contribution is 8.00. The normalized spacial score (nSPS) is 27.3. The molecule has 1 saturated heterocycles. The van der Waals surface area contributed by atoms with Crippen LogP contribution in [0.4, 0.5) is 0 Å². The monoisotopic (exact) mass is 339 g/mol. The molecule has 0 radical (unpaired) electrons. The second-order valence-electron chi connectivity index (χ2n) is 3.06. The first kappa shape index (κ1) is 15.8. The van der Waals surface area contributed by atoms with E-state index in [0.29, 0.717) is 4.13 Å². The standard InChI is InChI=1S/C4H5NO11S3/c6-3-1-2(17(8,9)10)4(7)16-19(13,14)5-18(11,12)15-3/h2,5H,1H2,(H,8,9,10). The minimum Gasteiger partial charge on any atom is -0.333 e. The maximum absolute atomic E-state index is 11.2. The first-order chi connectivity index (χ1) is 8.32. The van der Waals surface area contributed by atoms with Gasteiger partial charge < -0.3 is 8.37 Å². The summed E-state index contributed by atoms with van der Waals surface area (Å²) in [6.07, 6.45) is -1.45. The van der Waals surface area contributed by atoms with Crippen LogP contribution >= 0.6 is 0 Å². The molecule has 0 spiro atoms. The minimum atomic E-state index is -5.28. The molecule has 12 nitrogen and oxygen atoms in total. The van der Waals surface area contributed by atoms with Gasteiger partial charge >= 0.3 is 32.5 Å². The second-order valence-corrected chi connectivity index (χ2v) is 7.47. The first-order valence-electron chi connectivity index (χ1n) is 4.03. The van der Waals surface area contributed by atoms with Crippen molar-refractivity contribution in [3.63, 3.8) is 0 Å². The van der Waals surface area contributed by atoms with Gasteiger partial charge in [0.1, 0.15) is 0 Å². The minimum absolute atomic E-state index is 0.689. The Kier molecular flexibility index (Phi) is 3.88.